The molecule has 2 N–H and O–H groups in total. The van der Waals surface area contributed by atoms with Crippen molar-refractivity contribution in [2.24, 2.45) is 0 Å². The first-order valence-electron chi connectivity index (χ1n) is 8.90. The highest BCUT2D eigenvalue weighted by Gasteiger charge is 2.05. The molecule has 0 bridgehead atoms. The number of allylic oxidation sites excluding steroid dienone is 1. The van der Waals surface area contributed by atoms with Gasteiger partial charge in [-0.3, -0.25) is 0 Å². The molecule has 1 unspecified atom stereocenters. The van der Waals surface area contributed by atoms with Gasteiger partial charge in [0.15, 0.2) is 11.6 Å². The normalized spacial score (nSPS) is 12.7. The number of hydrogen-bond acceptors (Lipinski definition) is 2. The number of benzene rings is 3. The Kier molecular flexibility index (Phi) is 5.69. The van der Waals surface area contributed by atoms with Crippen LogP contribution in [0.2, 0.25) is 0 Å². The van der Waals surface area contributed by atoms with Crippen molar-refractivity contribution in [2.75, 3.05) is 0 Å². The Morgan fingerprint density at radius 1 is 0.962 bits per heavy atom. The molecule has 3 rings (SSSR count). The fraction of sp³-hybridized carbons (Fsp3) is 0.217. The summed E-state index contributed by atoms with van der Waals surface area (Å²) in [6.45, 7) is 1.81. The smallest absolute Gasteiger partial charge is 0.165 e. The summed E-state index contributed by atoms with van der Waals surface area (Å²) in [6.07, 6.45) is 6.76. The van der Waals surface area contributed by atoms with E-state index in [9.17, 15) is 14.6 Å². The molecule has 0 saturated carbocycles. The molecule has 134 valence electrons. The van der Waals surface area contributed by atoms with Gasteiger partial charge in [0.05, 0.1) is 6.10 Å². The maximum Gasteiger partial charge on any atom is 0.165 e. The molecular formula is C23H23FO2. The fourth-order valence-corrected chi connectivity index (χ4v) is 2.98. The number of aliphatic hydroxyl groups is 1. The lowest BCUT2D eigenvalue weighted by Crippen LogP contribution is -1.97. The van der Waals surface area contributed by atoms with Crippen molar-refractivity contribution in [3.63, 3.8) is 0 Å². The molecule has 0 aliphatic rings. The van der Waals surface area contributed by atoms with Crippen LogP contribution in [0, 0.1) is 5.82 Å². The fourth-order valence-electron chi connectivity index (χ4n) is 2.98. The minimum absolute atomic E-state index is 0.236. The van der Waals surface area contributed by atoms with Gasteiger partial charge in [0.2, 0.25) is 0 Å². The molecule has 0 saturated heterocycles. The standard InChI is InChI=1S/C23H23FO2/c1-16(25)5-3-2-4-6-17-7-8-19-14-20(10-9-18(19)13-17)21-11-12-23(26)22(24)15-21/h4,6-16,25-26H,2-3,5H2,1H3. The van der Waals surface area contributed by atoms with E-state index < -0.39 is 5.82 Å². The second-order valence-electron chi connectivity index (χ2n) is 6.67. The van der Waals surface area contributed by atoms with Crippen molar-refractivity contribution in [3.05, 3.63) is 72.1 Å². The number of fused-ring (bicyclic) bond motifs is 1. The van der Waals surface area contributed by atoms with Crippen molar-refractivity contribution in [1.29, 1.82) is 0 Å². The van der Waals surface area contributed by atoms with Crippen LogP contribution in [0.3, 0.4) is 0 Å². The molecule has 0 heterocycles. The second-order valence-corrected chi connectivity index (χ2v) is 6.67. The molecule has 3 aromatic carbocycles. The summed E-state index contributed by atoms with van der Waals surface area (Å²) in [6, 6.07) is 16.7. The largest absolute Gasteiger partial charge is 0.505 e. The van der Waals surface area contributed by atoms with Gasteiger partial charge in [-0.2, -0.15) is 0 Å². The van der Waals surface area contributed by atoms with Gasteiger partial charge in [-0.15, -0.1) is 0 Å². The van der Waals surface area contributed by atoms with E-state index in [0.29, 0.717) is 0 Å². The Labute approximate surface area is 153 Å². The Balaban J connectivity index is 1.77. The molecule has 0 spiro atoms. The number of unbranched alkanes of at least 4 members (excludes halogenated alkanes) is 1. The predicted molar refractivity (Wildman–Crippen MR) is 106 cm³/mol. The first-order chi connectivity index (χ1) is 12.5. The summed E-state index contributed by atoms with van der Waals surface area (Å²) >= 11 is 0. The predicted octanol–water partition coefficient (Wildman–Crippen LogP) is 5.92. The third-order valence-electron chi connectivity index (χ3n) is 4.45. The average Bonchev–Trinajstić information content (AvgIpc) is 2.63. The number of phenols is 1. The molecule has 0 radical (unpaired) electrons. The molecule has 0 fully saturated rings. The second kappa shape index (κ2) is 8.15. The van der Waals surface area contributed by atoms with Crippen LogP contribution in [0.4, 0.5) is 4.39 Å². The maximum absolute atomic E-state index is 13.6. The SMILES string of the molecule is CC(O)CCCC=Cc1ccc2cc(-c3ccc(O)c(F)c3)ccc2c1. The average molecular weight is 350 g/mol. The number of aliphatic hydroxyl groups excluding tert-OH is 1. The van der Waals surface area contributed by atoms with Crippen molar-refractivity contribution in [1.82, 2.24) is 0 Å². The molecule has 0 aliphatic carbocycles. The van der Waals surface area contributed by atoms with Crippen LogP contribution in [0.25, 0.3) is 28.0 Å². The van der Waals surface area contributed by atoms with Crippen molar-refractivity contribution >= 4 is 16.8 Å². The Hall–Kier alpha value is -2.65. The minimum Gasteiger partial charge on any atom is -0.505 e. The molecule has 0 amide bonds. The number of halogens is 1. The zero-order chi connectivity index (χ0) is 18.5. The lowest BCUT2D eigenvalue weighted by Gasteiger charge is -2.06. The van der Waals surface area contributed by atoms with Gasteiger partial charge in [0, 0.05) is 0 Å². The van der Waals surface area contributed by atoms with Gasteiger partial charge in [-0.05, 0) is 77.9 Å². The summed E-state index contributed by atoms with van der Waals surface area (Å²) in [7, 11) is 0. The van der Waals surface area contributed by atoms with Gasteiger partial charge >= 0.3 is 0 Å². The van der Waals surface area contributed by atoms with Gasteiger partial charge in [0.25, 0.3) is 0 Å². The zero-order valence-electron chi connectivity index (χ0n) is 14.8. The summed E-state index contributed by atoms with van der Waals surface area (Å²) < 4.78 is 13.6. The quantitative estimate of drug-likeness (QED) is 0.542. The van der Waals surface area contributed by atoms with E-state index in [4.69, 9.17) is 0 Å². The van der Waals surface area contributed by atoms with Crippen LogP contribution in [0.5, 0.6) is 5.75 Å². The summed E-state index contributed by atoms with van der Waals surface area (Å²) in [4.78, 5) is 0. The monoisotopic (exact) mass is 350 g/mol. The highest BCUT2D eigenvalue weighted by atomic mass is 19.1. The molecule has 1 atom stereocenters. The molecule has 2 nitrogen and oxygen atoms in total. The van der Waals surface area contributed by atoms with Gasteiger partial charge < -0.3 is 10.2 Å². The Bertz CT molecular complexity index is 929. The Morgan fingerprint density at radius 3 is 2.42 bits per heavy atom. The lowest BCUT2D eigenvalue weighted by atomic mass is 9.99. The van der Waals surface area contributed by atoms with Crippen LogP contribution in [0.1, 0.15) is 31.7 Å². The van der Waals surface area contributed by atoms with Crippen LogP contribution >= 0.6 is 0 Å². The van der Waals surface area contributed by atoms with E-state index in [0.717, 1.165) is 46.7 Å². The highest BCUT2D eigenvalue weighted by Crippen LogP contribution is 2.28. The molecule has 0 aromatic heterocycles. The minimum atomic E-state index is -0.612. The van der Waals surface area contributed by atoms with Crippen molar-refractivity contribution in [2.45, 2.75) is 32.3 Å². The van der Waals surface area contributed by atoms with E-state index in [1.54, 1.807) is 6.07 Å². The number of phenolic OH excluding ortho intramolecular Hbond substituents is 1. The zero-order valence-corrected chi connectivity index (χ0v) is 14.8. The van der Waals surface area contributed by atoms with E-state index in [1.165, 1.54) is 12.1 Å². The molecular weight excluding hydrogens is 327 g/mol. The van der Waals surface area contributed by atoms with Crippen LogP contribution < -0.4 is 0 Å². The third kappa shape index (κ3) is 4.50. The molecule has 3 aromatic rings. The van der Waals surface area contributed by atoms with Crippen molar-refractivity contribution < 1.29 is 14.6 Å². The summed E-state index contributed by atoms with van der Waals surface area (Å²) in [5, 5.41) is 20.8. The first-order valence-corrected chi connectivity index (χ1v) is 8.90. The van der Waals surface area contributed by atoms with E-state index in [2.05, 4.69) is 30.4 Å². The van der Waals surface area contributed by atoms with Crippen LogP contribution in [0.15, 0.2) is 60.7 Å². The van der Waals surface area contributed by atoms with E-state index >= 15 is 0 Å². The van der Waals surface area contributed by atoms with E-state index in [-0.39, 0.29) is 11.9 Å². The van der Waals surface area contributed by atoms with Gasteiger partial charge in [0.1, 0.15) is 0 Å². The lowest BCUT2D eigenvalue weighted by molar-refractivity contribution is 0.182. The topological polar surface area (TPSA) is 40.5 Å². The first kappa shape index (κ1) is 18.2. The van der Waals surface area contributed by atoms with Crippen LogP contribution in [-0.4, -0.2) is 16.3 Å². The Morgan fingerprint density at radius 2 is 1.65 bits per heavy atom. The summed E-state index contributed by atoms with van der Waals surface area (Å²) in [5.74, 6) is -0.946. The third-order valence-corrected chi connectivity index (χ3v) is 4.45. The molecule has 0 aliphatic heterocycles. The van der Waals surface area contributed by atoms with Gasteiger partial charge in [-0.1, -0.05) is 42.5 Å². The maximum atomic E-state index is 13.6. The van der Waals surface area contributed by atoms with Gasteiger partial charge in [-0.25, -0.2) is 4.39 Å². The van der Waals surface area contributed by atoms with Crippen LogP contribution in [-0.2, 0) is 0 Å². The number of hydrogen-bond donors (Lipinski definition) is 2. The molecule has 26 heavy (non-hydrogen) atoms. The molecule has 3 heteroatoms. The van der Waals surface area contributed by atoms with Crippen molar-refractivity contribution in [3.8, 4) is 16.9 Å². The number of rotatable bonds is 6. The van der Waals surface area contributed by atoms with E-state index in [1.807, 2.05) is 25.1 Å². The summed E-state index contributed by atoms with van der Waals surface area (Å²) in [5.41, 5.74) is 2.79. The highest BCUT2D eigenvalue weighted by molar-refractivity contribution is 5.89. The number of aromatic hydroxyl groups is 1.